The van der Waals surface area contributed by atoms with Gasteiger partial charge in [0.25, 0.3) is 0 Å². The maximum absolute atomic E-state index is 13.5. The van der Waals surface area contributed by atoms with E-state index in [-0.39, 0.29) is 16.9 Å². The molecule has 4 heteroatoms. The van der Waals surface area contributed by atoms with Gasteiger partial charge in [-0.2, -0.15) is 0 Å². The molecule has 2 rings (SSSR count). The lowest BCUT2D eigenvalue weighted by molar-refractivity contribution is 0.490. The fraction of sp³-hybridized carbons (Fsp3) is 0.294. The summed E-state index contributed by atoms with van der Waals surface area (Å²) in [7, 11) is 0. The van der Waals surface area contributed by atoms with Crippen LogP contribution in [0.25, 0.3) is 0 Å². The molecule has 1 unspecified atom stereocenters. The van der Waals surface area contributed by atoms with Crippen molar-refractivity contribution in [3.63, 3.8) is 0 Å². The molecule has 2 aromatic rings. The van der Waals surface area contributed by atoms with E-state index in [1.54, 1.807) is 6.07 Å². The van der Waals surface area contributed by atoms with Gasteiger partial charge in [0, 0.05) is 6.04 Å². The van der Waals surface area contributed by atoms with Gasteiger partial charge in [-0.25, -0.2) is 4.39 Å². The molecule has 0 heterocycles. The van der Waals surface area contributed by atoms with Crippen LogP contribution in [-0.2, 0) is 12.8 Å². The average molecular weight is 307 g/mol. The molecule has 0 radical (unpaired) electrons. The largest absolute Gasteiger partial charge is 0.271 e. The summed E-state index contributed by atoms with van der Waals surface area (Å²) < 4.78 is 13.5. The van der Waals surface area contributed by atoms with Gasteiger partial charge in [-0.05, 0) is 48.9 Å². The monoisotopic (exact) mass is 306 g/mol. The number of hydrogen-bond acceptors (Lipinski definition) is 2. The van der Waals surface area contributed by atoms with Gasteiger partial charge < -0.3 is 0 Å². The number of benzene rings is 2. The molecule has 0 saturated heterocycles. The number of hydrogen-bond donors (Lipinski definition) is 2. The normalized spacial score (nSPS) is 12.4. The van der Waals surface area contributed by atoms with Gasteiger partial charge in [-0.15, -0.1) is 0 Å². The molecule has 112 valence electrons. The van der Waals surface area contributed by atoms with Crippen LogP contribution in [0.2, 0.25) is 5.02 Å². The molecule has 0 aliphatic heterocycles. The molecule has 21 heavy (non-hydrogen) atoms. The summed E-state index contributed by atoms with van der Waals surface area (Å²) in [5.41, 5.74) is 6.17. The Morgan fingerprint density at radius 3 is 2.57 bits per heavy atom. The van der Waals surface area contributed by atoms with Crippen molar-refractivity contribution in [2.24, 2.45) is 5.84 Å². The van der Waals surface area contributed by atoms with Crippen LogP contribution in [0, 0.1) is 12.7 Å². The van der Waals surface area contributed by atoms with Crippen LogP contribution in [0.1, 0.15) is 23.1 Å². The molecule has 0 saturated carbocycles. The molecular weight excluding hydrogens is 287 g/mol. The molecule has 0 fully saturated rings. The van der Waals surface area contributed by atoms with E-state index in [1.807, 2.05) is 18.2 Å². The minimum Gasteiger partial charge on any atom is -0.271 e. The van der Waals surface area contributed by atoms with Crippen molar-refractivity contribution in [2.75, 3.05) is 0 Å². The third-order valence-electron chi connectivity index (χ3n) is 3.76. The Labute approximate surface area is 130 Å². The highest BCUT2D eigenvalue weighted by Crippen LogP contribution is 2.22. The van der Waals surface area contributed by atoms with Crippen LogP contribution in [-0.4, -0.2) is 6.04 Å². The number of nitrogens with one attached hydrogen (secondary N) is 1. The summed E-state index contributed by atoms with van der Waals surface area (Å²) in [5.74, 6) is 5.24. The van der Waals surface area contributed by atoms with Gasteiger partial charge in [0.1, 0.15) is 5.82 Å². The Hall–Kier alpha value is -1.42. The number of halogens is 2. The van der Waals surface area contributed by atoms with E-state index in [0.717, 1.165) is 18.4 Å². The molecule has 0 aliphatic rings. The van der Waals surface area contributed by atoms with Gasteiger partial charge in [0.05, 0.1) is 5.02 Å². The summed E-state index contributed by atoms with van der Waals surface area (Å²) >= 11 is 5.99. The average Bonchev–Trinajstić information content (AvgIpc) is 2.49. The van der Waals surface area contributed by atoms with Gasteiger partial charge >= 0.3 is 0 Å². The predicted molar refractivity (Wildman–Crippen MR) is 85.7 cm³/mol. The first-order valence-corrected chi connectivity index (χ1v) is 7.43. The van der Waals surface area contributed by atoms with Gasteiger partial charge in [0.2, 0.25) is 0 Å². The molecule has 0 aromatic heterocycles. The van der Waals surface area contributed by atoms with Gasteiger partial charge in [0.15, 0.2) is 0 Å². The van der Waals surface area contributed by atoms with Crippen molar-refractivity contribution in [2.45, 2.75) is 32.2 Å². The van der Waals surface area contributed by atoms with Crippen LogP contribution in [0.4, 0.5) is 4.39 Å². The van der Waals surface area contributed by atoms with Crippen LogP contribution in [0.15, 0.2) is 42.5 Å². The van der Waals surface area contributed by atoms with E-state index in [1.165, 1.54) is 17.2 Å². The Balaban J connectivity index is 2.01. The van der Waals surface area contributed by atoms with Crippen LogP contribution in [0.5, 0.6) is 0 Å². The summed E-state index contributed by atoms with van der Waals surface area (Å²) in [6.45, 7) is 2.10. The third-order valence-corrected chi connectivity index (χ3v) is 4.18. The minimum atomic E-state index is -0.385. The van der Waals surface area contributed by atoms with E-state index in [0.29, 0.717) is 6.42 Å². The topological polar surface area (TPSA) is 38.0 Å². The molecular formula is C17H20ClFN2. The summed E-state index contributed by atoms with van der Waals surface area (Å²) in [4.78, 5) is 0. The predicted octanol–water partition coefficient (Wildman–Crippen LogP) is 3.79. The second kappa shape index (κ2) is 7.55. The standard InChI is InChI=1S/C17H20ClFN2/c1-12-5-2-3-6-13(12)9-10-15(21-20)11-14-7-4-8-16(19)17(14)18/h2-8,15,21H,9-11,20H2,1H3. The Morgan fingerprint density at radius 2 is 1.86 bits per heavy atom. The smallest absolute Gasteiger partial charge is 0.142 e. The van der Waals surface area contributed by atoms with Crippen molar-refractivity contribution < 1.29 is 4.39 Å². The lowest BCUT2D eigenvalue weighted by Gasteiger charge is -2.17. The Kier molecular flexibility index (Phi) is 5.74. The highest BCUT2D eigenvalue weighted by molar-refractivity contribution is 6.31. The van der Waals surface area contributed by atoms with Crippen molar-refractivity contribution in [3.8, 4) is 0 Å². The number of hydrazine groups is 1. The molecule has 0 amide bonds. The van der Waals surface area contributed by atoms with Crippen molar-refractivity contribution >= 4 is 11.6 Å². The number of rotatable bonds is 6. The number of aryl methyl sites for hydroxylation is 2. The first kappa shape index (κ1) is 16.0. The molecule has 2 aromatic carbocycles. The fourth-order valence-corrected chi connectivity index (χ4v) is 2.64. The Bertz CT molecular complexity index is 601. The Morgan fingerprint density at radius 1 is 1.14 bits per heavy atom. The third kappa shape index (κ3) is 4.27. The molecule has 2 nitrogen and oxygen atoms in total. The highest BCUT2D eigenvalue weighted by atomic mass is 35.5. The quantitative estimate of drug-likeness (QED) is 0.629. The zero-order chi connectivity index (χ0) is 15.2. The lowest BCUT2D eigenvalue weighted by Crippen LogP contribution is -2.37. The van der Waals surface area contributed by atoms with E-state index in [4.69, 9.17) is 17.4 Å². The van der Waals surface area contributed by atoms with Gasteiger partial charge in [-0.3, -0.25) is 11.3 Å². The van der Waals surface area contributed by atoms with Gasteiger partial charge in [-0.1, -0.05) is 48.0 Å². The van der Waals surface area contributed by atoms with Crippen molar-refractivity contribution in [3.05, 3.63) is 70.0 Å². The van der Waals surface area contributed by atoms with Crippen LogP contribution >= 0.6 is 11.6 Å². The zero-order valence-electron chi connectivity index (χ0n) is 12.1. The highest BCUT2D eigenvalue weighted by Gasteiger charge is 2.13. The van der Waals surface area contributed by atoms with Crippen molar-refractivity contribution in [1.29, 1.82) is 0 Å². The minimum absolute atomic E-state index is 0.0592. The molecule has 3 N–H and O–H groups in total. The first-order valence-electron chi connectivity index (χ1n) is 7.05. The van der Waals surface area contributed by atoms with E-state index >= 15 is 0 Å². The second-order valence-corrected chi connectivity index (χ2v) is 5.62. The van der Waals surface area contributed by atoms with E-state index in [2.05, 4.69) is 24.5 Å². The fourth-order valence-electron chi connectivity index (χ4n) is 2.44. The van der Waals surface area contributed by atoms with Crippen LogP contribution in [0.3, 0.4) is 0 Å². The SMILES string of the molecule is Cc1ccccc1CCC(Cc1cccc(F)c1Cl)NN. The second-order valence-electron chi connectivity index (χ2n) is 5.25. The first-order chi connectivity index (χ1) is 10.1. The maximum Gasteiger partial charge on any atom is 0.142 e. The van der Waals surface area contributed by atoms with Crippen LogP contribution < -0.4 is 11.3 Å². The summed E-state index contributed by atoms with van der Waals surface area (Å²) in [6.07, 6.45) is 2.40. The van der Waals surface area contributed by atoms with E-state index in [9.17, 15) is 4.39 Å². The molecule has 0 bridgehead atoms. The molecule has 1 atom stereocenters. The summed E-state index contributed by atoms with van der Waals surface area (Å²) in [6, 6.07) is 13.2. The molecule has 0 aliphatic carbocycles. The maximum atomic E-state index is 13.5. The van der Waals surface area contributed by atoms with Crippen molar-refractivity contribution in [1.82, 2.24) is 5.43 Å². The summed E-state index contributed by atoms with van der Waals surface area (Å²) in [5, 5.41) is 0.189. The molecule has 0 spiro atoms. The number of nitrogens with two attached hydrogens (primary N) is 1. The zero-order valence-corrected chi connectivity index (χ0v) is 12.8. The van der Waals surface area contributed by atoms with E-state index < -0.39 is 0 Å². The lowest BCUT2D eigenvalue weighted by atomic mass is 9.97.